The predicted molar refractivity (Wildman–Crippen MR) is 52.7 cm³/mol. The first-order chi connectivity index (χ1) is 6.60. The minimum atomic E-state index is -0.601. The number of methoxy groups -OCH3 is 1. The summed E-state index contributed by atoms with van der Waals surface area (Å²) < 4.78 is 5.25. The summed E-state index contributed by atoms with van der Waals surface area (Å²) >= 11 is 3.07. The Balaban J connectivity index is 3.46. The van der Waals surface area contributed by atoms with E-state index in [9.17, 15) is 14.9 Å². The summed E-state index contributed by atoms with van der Waals surface area (Å²) in [5, 5.41) is 10.6. The lowest BCUT2D eigenvalue weighted by atomic mass is 10.2. The molecule has 0 bridgehead atoms. The fourth-order valence-electron chi connectivity index (χ4n) is 1.05. The Morgan fingerprint density at radius 2 is 2.21 bits per heavy atom. The topological polar surface area (TPSA) is 69.4 Å². The van der Waals surface area contributed by atoms with Gasteiger partial charge in [-0.2, -0.15) is 0 Å². The zero-order chi connectivity index (χ0) is 10.7. The second-order valence-electron chi connectivity index (χ2n) is 2.42. The number of aldehydes is 1. The third-order valence-electron chi connectivity index (χ3n) is 1.59. The number of benzene rings is 1. The van der Waals surface area contributed by atoms with Crippen LogP contribution in [0.5, 0.6) is 5.75 Å². The molecule has 0 saturated heterocycles. The first-order valence-corrected chi connectivity index (χ1v) is 4.36. The van der Waals surface area contributed by atoms with Gasteiger partial charge >= 0.3 is 5.69 Å². The number of nitro groups is 1. The van der Waals surface area contributed by atoms with E-state index in [1.165, 1.54) is 19.2 Å². The van der Waals surface area contributed by atoms with Gasteiger partial charge in [-0.25, -0.2) is 0 Å². The van der Waals surface area contributed by atoms with Crippen LogP contribution in [-0.4, -0.2) is 18.3 Å². The smallest absolute Gasteiger partial charge is 0.312 e. The van der Waals surface area contributed by atoms with Gasteiger partial charge in [0.1, 0.15) is 0 Å². The zero-order valence-electron chi connectivity index (χ0n) is 7.19. The van der Waals surface area contributed by atoms with Crippen LogP contribution in [0, 0.1) is 10.1 Å². The van der Waals surface area contributed by atoms with Crippen LogP contribution in [0.15, 0.2) is 16.6 Å². The lowest BCUT2D eigenvalue weighted by Gasteiger charge is -2.04. The first-order valence-electron chi connectivity index (χ1n) is 3.57. The van der Waals surface area contributed by atoms with Crippen molar-refractivity contribution in [3.8, 4) is 5.75 Å². The van der Waals surface area contributed by atoms with E-state index < -0.39 is 4.92 Å². The highest BCUT2D eigenvalue weighted by molar-refractivity contribution is 9.10. The molecular formula is C8H6BrNO4. The fraction of sp³-hybridized carbons (Fsp3) is 0.125. The molecule has 1 aromatic rings. The molecule has 0 aliphatic rings. The Morgan fingerprint density at radius 1 is 1.57 bits per heavy atom. The second-order valence-corrected chi connectivity index (χ2v) is 3.34. The fourth-order valence-corrected chi connectivity index (χ4v) is 1.51. The number of hydrogen-bond donors (Lipinski definition) is 0. The SMILES string of the molecule is COc1c(C=O)cc(Br)cc1[N+](=O)[O-]. The summed E-state index contributed by atoms with van der Waals surface area (Å²) in [6, 6.07) is 2.74. The van der Waals surface area contributed by atoms with E-state index in [1.807, 2.05) is 0 Å². The minimum Gasteiger partial charge on any atom is -0.490 e. The van der Waals surface area contributed by atoms with Gasteiger partial charge in [0.15, 0.2) is 6.29 Å². The monoisotopic (exact) mass is 259 g/mol. The molecule has 74 valence electrons. The van der Waals surface area contributed by atoms with Crippen LogP contribution in [0.25, 0.3) is 0 Å². The largest absolute Gasteiger partial charge is 0.490 e. The van der Waals surface area contributed by atoms with Crippen molar-refractivity contribution in [3.63, 3.8) is 0 Å². The van der Waals surface area contributed by atoms with Crippen molar-refractivity contribution in [1.82, 2.24) is 0 Å². The number of carbonyl (C=O) groups is 1. The van der Waals surface area contributed by atoms with Gasteiger partial charge in [0.2, 0.25) is 5.75 Å². The van der Waals surface area contributed by atoms with E-state index >= 15 is 0 Å². The zero-order valence-corrected chi connectivity index (χ0v) is 8.78. The van der Waals surface area contributed by atoms with Gasteiger partial charge in [-0.3, -0.25) is 14.9 Å². The second kappa shape index (κ2) is 4.19. The van der Waals surface area contributed by atoms with Crippen LogP contribution in [0.2, 0.25) is 0 Å². The molecule has 0 atom stereocenters. The quantitative estimate of drug-likeness (QED) is 0.474. The molecular weight excluding hydrogens is 254 g/mol. The van der Waals surface area contributed by atoms with Crippen molar-refractivity contribution in [1.29, 1.82) is 0 Å². The Morgan fingerprint density at radius 3 is 2.64 bits per heavy atom. The van der Waals surface area contributed by atoms with Crippen LogP contribution in [0.3, 0.4) is 0 Å². The third kappa shape index (κ3) is 1.90. The third-order valence-corrected chi connectivity index (χ3v) is 2.05. The lowest BCUT2D eigenvalue weighted by molar-refractivity contribution is -0.385. The van der Waals surface area contributed by atoms with Crippen LogP contribution < -0.4 is 4.74 Å². The molecule has 1 aromatic carbocycles. The van der Waals surface area contributed by atoms with Gasteiger partial charge in [-0.05, 0) is 6.07 Å². The van der Waals surface area contributed by atoms with Crippen molar-refractivity contribution in [2.24, 2.45) is 0 Å². The maximum absolute atomic E-state index is 10.6. The van der Waals surface area contributed by atoms with Crippen LogP contribution >= 0.6 is 15.9 Å². The van der Waals surface area contributed by atoms with Crippen molar-refractivity contribution < 1.29 is 14.5 Å². The number of hydrogen-bond acceptors (Lipinski definition) is 4. The number of rotatable bonds is 3. The highest BCUT2D eigenvalue weighted by Gasteiger charge is 2.19. The van der Waals surface area contributed by atoms with E-state index in [2.05, 4.69) is 15.9 Å². The van der Waals surface area contributed by atoms with Crippen LogP contribution in [0.4, 0.5) is 5.69 Å². The number of carbonyl (C=O) groups excluding carboxylic acids is 1. The number of nitrogens with zero attached hydrogens (tertiary/aromatic N) is 1. The maximum atomic E-state index is 10.6. The molecule has 1 rings (SSSR count). The molecule has 0 N–H and O–H groups in total. The highest BCUT2D eigenvalue weighted by atomic mass is 79.9. The first kappa shape index (κ1) is 10.6. The standard InChI is InChI=1S/C8H6BrNO4/c1-14-8-5(4-11)2-6(9)3-7(8)10(12)13/h2-4H,1H3. The molecule has 0 aliphatic carbocycles. The molecule has 0 heterocycles. The maximum Gasteiger partial charge on any atom is 0.312 e. The predicted octanol–water partition coefficient (Wildman–Crippen LogP) is 2.18. The summed E-state index contributed by atoms with van der Waals surface area (Å²) in [6.07, 6.45) is 0.511. The summed E-state index contributed by atoms with van der Waals surface area (Å²) in [4.78, 5) is 20.6. The molecule has 5 nitrogen and oxygen atoms in total. The highest BCUT2D eigenvalue weighted by Crippen LogP contribution is 2.33. The molecule has 14 heavy (non-hydrogen) atoms. The molecule has 0 saturated carbocycles. The molecule has 0 aromatic heterocycles. The average Bonchev–Trinajstić information content (AvgIpc) is 2.16. The summed E-state index contributed by atoms with van der Waals surface area (Å²) in [5.74, 6) is -0.0202. The summed E-state index contributed by atoms with van der Waals surface area (Å²) in [6.45, 7) is 0. The Hall–Kier alpha value is -1.43. The average molecular weight is 260 g/mol. The van der Waals surface area contributed by atoms with E-state index in [4.69, 9.17) is 4.74 Å². The molecule has 0 spiro atoms. The normalized spacial score (nSPS) is 9.57. The van der Waals surface area contributed by atoms with Gasteiger partial charge < -0.3 is 4.74 Å². The molecule has 0 fully saturated rings. The van der Waals surface area contributed by atoms with Gasteiger partial charge in [0.25, 0.3) is 0 Å². The summed E-state index contributed by atoms with van der Waals surface area (Å²) in [5.41, 5.74) is -0.0856. The number of nitro benzene ring substituents is 1. The molecule has 0 radical (unpaired) electrons. The van der Waals surface area contributed by atoms with Crippen molar-refractivity contribution in [3.05, 3.63) is 32.3 Å². The van der Waals surface area contributed by atoms with E-state index in [0.29, 0.717) is 10.8 Å². The Kier molecular flexibility index (Phi) is 3.19. The number of halogens is 1. The summed E-state index contributed by atoms with van der Waals surface area (Å²) in [7, 11) is 1.28. The van der Waals surface area contributed by atoms with Crippen LogP contribution in [-0.2, 0) is 0 Å². The van der Waals surface area contributed by atoms with E-state index in [-0.39, 0.29) is 17.0 Å². The van der Waals surface area contributed by atoms with Crippen molar-refractivity contribution in [2.75, 3.05) is 7.11 Å². The Bertz CT molecular complexity index is 391. The van der Waals surface area contributed by atoms with Crippen molar-refractivity contribution >= 4 is 27.9 Å². The van der Waals surface area contributed by atoms with Gasteiger partial charge in [0, 0.05) is 10.5 Å². The number of ether oxygens (including phenoxy) is 1. The van der Waals surface area contributed by atoms with E-state index in [0.717, 1.165) is 0 Å². The van der Waals surface area contributed by atoms with E-state index in [1.54, 1.807) is 0 Å². The molecule has 0 aliphatic heterocycles. The van der Waals surface area contributed by atoms with Crippen molar-refractivity contribution in [2.45, 2.75) is 0 Å². The minimum absolute atomic E-state index is 0.0202. The lowest BCUT2D eigenvalue weighted by Crippen LogP contribution is -1.97. The molecule has 6 heteroatoms. The molecule has 0 amide bonds. The Labute approximate surface area is 88.0 Å². The van der Waals surface area contributed by atoms with Gasteiger partial charge in [-0.15, -0.1) is 0 Å². The van der Waals surface area contributed by atoms with Crippen LogP contribution in [0.1, 0.15) is 10.4 Å². The van der Waals surface area contributed by atoms with Gasteiger partial charge in [-0.1, -0.05) is 15.9 Å². The van der Waals surface area contributed by atoms with Gasteiger partial charge in [0.05, 0.1) is 17.6 Å². The molecule has 0 unspecified atom stereocenters.